The van der Waals surface area contributed by atoms with Gasteiger partial charge in [-0.2, -0.15) is 0 Å². The van der Waals surface area contributed by atoms with Crippen LogP contribution in [0.25, 0.3) is 0 Å². The van der Waals surface area contributed by atoms with Crippen LogP contribution in [0.15, 0.2) is 36.5 Å². The molecule has 0 bridgehead atoms. The van der Waals surface area contributed by atoms with E-state index in [9.17, 15) is 19.5 Å². The van der Waals surface area contributed by atoms with E-state index in [-0.39, 0.29) is 5.57 Å². The number of ether oxygens (including phenoxy) is 1. The molecule has 3 N–H and O–H groups in total. The lowest BCUT2D eigenvalue weighted by molar-refractivity contribution is -0.150. The molecule has 0 aromatic heterocycles. The summed E-state index contributed by atoms with van der Waals surface area (Å²) in [5, 5.41) is 27.1. The monoisotopic (exact) mass is 284 g/mol. The number of allylic oxidation sites excluding steroid dienone is 2. The Morgan fingerprint density at radius 3 is 2.25 bits per heavy atom. The van der Waals surface area contributed by atoms with Gasteiger partial charge in [0.1, 0.15) is 11.5 Å². The third-order valence-electron chi connectivity index (χ3n) is 2.66. The Balaban J connectivity index is 0.000000511. The van der Waals surface area contributed by atoms with E-state index in [2.05, 4.69) is 11.3 Å². The van der Waals surface area contributed by atoms with Gasteiger partial charge >= 0.3 is 17.9 Å². The van der Waals surface area contributed by atoms with E-state index >= 15 is 0 Å². The largest absolute Gasteiger partial charge is 0.481 e. The van der Waals surface area contributed by atoms with E-state index in [1.165, 1.54) is 32.3 Å². The number of rotatable bonds is 3. The number of hydrogen-bond donors (Lipinski definition) is 3. The maximum atomic E-state index is 10.8. The third kappa shape index (κ3) is 4.06. The van der Waals surface area contributed by atoms with E-state index in [0.717, 1.165) is 6.08 Å². The van der Waals surface area contributed by atoms with E-state index < -0.39 is 29.4 Å². The van der Waals surface area contributed by atoms with Crippen LogP contribution >= 0.6 is 0 Å². The molecular formula is C13H16O7. The summed E-state index contributed by atoms with van der Waals surface area (Å²) in [5.74, 6) is -2.96. The Kier molecular flexibility index (Phi) is 6.37. The summed E-state index contributed by atoms with van der Waals surface area (Å²) >= 11 is 0. The average molecular weight is 284 g/mol. The number of methoxy groups -OCH3 is 1. The number of esters is 1. The van der Waals surface area contributed by atoms with Gasteiger partial charge < -0.3 is 20.1 Å². The van der Waals surface area contributed by atoms with Crippen molar-refractivity contribution in [2.24, 2.45) is 5.41 Å². The standard InChI is InChI=1S/C9H10O5.C4H6O2/c1-9(8(13)14)4-2-3-5(6(9)10)7(11)12;1-3-4(5)6-2/h2-4,6,10H,1H3,(H,11,12)(H,13,14);3H,1H2,2H3. The van der Waals surface area contributed by atoms with Crippen LogP contribution in [0.2, 0.25) is 0 Å². The highest BCUT2D eigenvalue weighted by atomic mass is 16.5. The molecule has 0 aromatic rings. The van der Waals surface area contributed by atoms with Crippen molar-refractivity contribution in [2.75, 3.05) is 7.11 Å². The molecule has 7 nitrogen and oxygen atoms in total. The maximum Gasteiger partial charge on any atom is 0.334 e. The quantitative estimate of drug-likeness (QED) is 0.505. The molecule has 1 rings (SSSR count). The Morgan fingerprint density at radius 1 is 1.40 bits per heavy atom. The zero-order valence-corrected chi connectivity index (χ0v) is 11.1. The van der Waals surface area contributed by atoms with Crippen LogP contribution in [0, 0.1) is 5.41 Å². The summed E-state index contributed by atoms with van der Waals surface area (Å²) < 4.78 is 4.14. The minimum Gasteiger partial charge on any atom is -0.481 e. The van der Waals surface area contributed by atoms with Crippen LogP contribution in [0.3, 0.4) is 0 Å². The summed E-state index contributed by atoms with van der Waals surface area (Å²) in [4.78, 5) is 31.3. The highest BCUT2D eigenvalue weighted by Gasteiger charge is 2.43. The summed E-state index contributed by atoms with van der Waals surface area (Å²) in [6, 6.07) is 0. The van der Waals surface area contributed by atoms with Gasteiger partial charge in [0.25, 0.3) is 0 Å². The summed E-state index contributed by atoms with van der Waals surface area (Å²) in [7, 11) is 1.31. The number of carboxylic acid groups (broad SMARTS) is 2. The number of aliphatic carboxylic acids is 2. The Labute approximate surface area is 115 Å². The number of hydrogen-bond acceptors (Lipinski definition) is 5. The first kappa shape index (κ1) is 17.6. The fourth-order valence-electron chi connectivity index (χ4n) is 1.32. The first-order valence-corrected chi connectivity index (χ1v) is 5.45. The molecule has 0 amide bonds. The van der Waals surface area contributed by atoms with Crippen LogP contribution in [0.1, 0.15) is 6.92 Å². The molecule has 2 unspecified atom stereocenters. The van der Waals surface area contributed by atoms with Gasteiger partial charge in [0.15, 0.2) is 0 Å². The summed E-state index contributed by atoms with van der Waals surface area (Å²) in [6.07, 6.45) is 3.37. The fraction of sp³-hybridized carbons (Fsp3) is 0.308. The van der Waals surface area contributed by atoms with Crippen LogP contribution in [0.5, 0.6) is 0 Å². The lowest BCUT2D eigenvalue weighted by Gasteiger charge is -2.29. The second-order valence-electron chi connectivity index (χ2n) is 4.00. The molecule has 1 aliphatic carbocycles. The van der Waals surface area contributed by atoms with Crippen LogP contribution in [0.4, 0.5) is 0 Å². The van der Waals surface area contributed by atoms with Crippen molar-refractivity contribution in [2.45, 2.75) is 13.0 Å². The lowest BCUT2D eigenvalue weighted by Crippen LogP contribution is -2.42. The van der Waals surface area contributed by atoms with Crippen molar-refractivity contribution >= 4 is 17.9 Å². The molecule has 0 saturated carbocycles. The number of carbonyl (C=O) groups excluding carboxylic acids is 1. The fourth-order valence-corrected chi connectivity index (χ4v) is 1.32. The number of aliphatic hydroxyl groups is 1. The molecule has 0 aliphatic heterocycles. The van der Waals surface area contributed by atoms with E-state index in [0.29, 0.717) is 0 Å². The van der Waals surface area contributed by atoms with Crippen molar-refractivity contribution in [3.05, 3.63) is 36.5 Å². The topological polar surface area (TPSA) is 121 Å². The lowest BCUT2D eigenvalue weighted by atomic mass is 9.77. The summed E-state index contributed by atoms with van der Waals surface area (Å²) in [5.41, 5.74) is -1.87. The molecule has 2 atom stereocenters. The maximum absolute atomic E-state index is 10.8. The van der Waals surface area contributed by atoms with Gasteiger partial charge in [-0.3, -0.25) is 4.79 Å². The van der Waals surface area contributed by atoms with Crippen LogP contribution in [-0.4, -0.2) is 46.4 Å². The average Bonchev–Trinajstić information content (AvgIpc) is 2.41. The van der Waals surface area contributed by atoms with E-state index in [1.807, 2.05) is 0 Å². The van der Waals surface area contributed by atoms with Crippen molar-refractivity contribution in [3.63, 3.8) is 0 Å². The van der Waals surface area contributed by atoms with Gasteiger partial charge in [0.05, 0.1) is 12.7 Å². The molecule has 0 radical (unpaired) electrons. The molecule has 110 valence electrons. The van der Waals surface area contributed by atoms with Gasteiger partial charge in [-0.05, 0) is 13.0 Å². The zero-order chi connectivity index (χ0) is 15.9. The normalized spacial score (nSPS) is 23.8. The minimum absolute atomic E-state index is 0.308. The Hall–Kier alpha value is -2.41. The predicted molar refractivity (Wildman–Crippen MR) is 68.8 cm³/mol. The number of carbonyl (C=O) groups is 3. The highest BCUT2D eigenvalue weighted by Crippen LogP contribution is 2.32. The Morgan fingerprint density at radius 2 is 1.95 bits per heavy atom. The summed E-state index contributed by atoms with van der Waals surface area (Å²) in [6.45, 7) is 4.43. The highest BCUT2D eigenvalue weighted by molar-refractivity contribution is 5.91. The first-order chi connectivity index (χ1) is 9.20. The zero-order valence-electron chi connectivity index (χ0n) is 11.1. The molecule has 20 heavy (non-hydrogen) atoms. The van der Waals surface area contributed by atoms with Gasteiger partial charge in [0, 0.05) is 6.08 Å². The van der Waals surface area contributed by atoms with Gasteiger partial charge in [-0.25, -0.2) is 9.59 Å². The van der Waals surface area contributed by atoms with E-state index in [1.54, 1.807) is 0 Å². The second-order valence-corrected chi connectivity index (χ2v) is 4.00. The molecule has 0 aromatic carbocycles. The van der Waals surface area contributed by atoms with Crippen molar-refractivity contribution in [1.29, 1.82) is 0 Å². The third-order valence-corrected chi connectivity index (χ3v) is 2.66. The molecule has 0 heterocycles. The minimum atomic E-state index is -1.57. The van der Waals surface area contributed by atoms with E-state index in [4.69, 9.17) is 10.2 Å². The van der Waals surface area contributed by atoms with Crippen LogP contribution < -0.4 is 0 Å². The molecule has 0 spiro atoms. The van der Waals surface area contributed by atoms with Crippen LogP contribution in [-0.2, 0) is 19.1 Å². The van der Waals surface area contributed by atoms with Gasteiger partial charge in [0.2, 0.25) is 0 Å². The second kappa shape index (κ2) is 7.25. The van der Waals surface area contributed by atoms with Crippen molar-refractivity contribution in [3.8, 4) is 0 Å². The molecule has 1 aliphatic rings. The smallest absolute Gasteiger partial charge is 0.334 e. The first-order valence-electron chi connectivity index (χ1n) is 5.45. The Bertz CT molecular complexity index is 475. The van der Waals surface area contributed by atoms with Crippen molar-refractivity contribution < 1.29 is 34.4 Å². The van der Waals surface area contributed by atoms with Crippen molar-refractivity contribution in [1.82, 2.24) is 0 Å². The van der Waals surface area contributed by atoms with Gasteiger partial charge in [-0.1, -0.05) is 18.7 Å². The molecule has 0 fully saturated rings. The molecular weight excluding hydrogens is 268 g/mol. The van der Waals surface area contributed by atoms with Gasteiger partial charge in [-0.15, -0.1) is 0 Å². The predicted octanol–water partition coefficient (Wildman–Crippen LogP) is 0.364. The SMILES string of the molecule is C=CC(=O)OC.CC1(C(=O)O)C=CC=C(C(=O)O)C1O. The number of carboxylic acids is 2. The number of aliphatic hydroxyl groups excluding tert-OH is 1. The molecule has 0 saturated heterocycles. The molecule has 7 heteroatoms.